The van der Waals surface area contributed by atoms with Gasteiger partial charge in [0.05, 0.1) is 20.3 Å². The number of carbonyl (C=O) groups excluding carboxylic acids is 1. The molecule has 0 saturated heterocycles. The first-order valence-electron chi connectivity index (χ1n) is 8.27. The lowest BCUT2D eigenvalue weighted by atomic mass is 10.0. The summed E-state index contributed by atoms with van der Waals surface area (Å²) in [5, 5.41) is 13.6. The van der Waals surface area contributed by atoms with Gasteiger partial charge in [-0.2, -0.15) is 0 Å². The number of rotatable bonds is 9. The fourth-order valence-corrected chi connectivity index (χ4v) is 2.56. The van der Waals surface area contributed by atoms with Crippen LogP contribution in [-0.4, -0.2) is 37.7 Å². The fraction of sp³-hybridized carbons (Fsp3) is 0.350. The Morgan fingerprint density at radius 1 is 1.08 bits per heavy atom. The van der Waals surface area contributed by atoms with Crippen molar-refractivity contribution in [1.82, 2.24) is 5.32 Å². The van der Waals surface area contributed by atoms with Gasteiger partial charge in [-0.25, -0.2) is 0 Å². The molecule has 2 aromatic rings. The number of methoxy groups -OCH3 is 2. The van der Waals surface area contributed by atoms with Crippen LogP contribution in [0.2, 0.25) is 0 Å². The highest BCUT2D eigenvalue weighted by molar-refractivity contribution is 5.96. The minimum atomic E-state index is -0.655. The van der Waals surface area contributed by atoms with Crippen LogP contribution in [0.4, 0.5) is 0 Å². The van der Waals surface area contributed by atoms with Crippen LogP contribution < -0.4 is 14.8 Å². The SMILES string of the molecule is COc1ccc(C(O)C(C)NCCC(=O)c2cccc(OC)c2)cc1. The topological polar surface area (TPSA) is 67.8 Å². The molecule has 0 aliphatic carbocycles. The van der Waals surface area contributed by atoms with Crippen LogP contribution in [0, 0.1) is 0 Å². The van der Waals surface area contributed by atoms with Gasteiger partial charge in [-0.1, -0.05) is 24.3 Å². The predicted molar refractivity (Wildman–Crippen MR) is 97.4 cm³/mol. The zero-order chi connectivity index (χ0) is 18.2. The molecule has 0 spiro atoms. The van der Waals surface area contributed by atoms with Crippen molar-refractivity contribution < 1.29 is 19.4 Å². The summed E-state index contributed by atoms with van der Waals surface area (Å²) in [6.07, 6.45) is -0.301. The molecule has 0 heterocycles. The Balaban J connectivity index is 1.84. The van der Waals surface area contributed by atoms with Crippen molar-refractivity contribution in [3.8, 4) is 11.5 Å². The van der Waals surface area contributed by atoms with E-state index in [1.807, 2.05) is 37.3 Å². The average Bonchev–Trinajstić information content (AvgIpc) is 2.67. The van der Waals surface area contributed by atoms with E-state index in [1.165, 1.54) is 0 Å². The van der Waals surface area contributed by atoms with Crippen LogP contribution in [0.25, 0.3) is 0 Å². The van der Waals surface area contributed by atoms with Gasteiger partial charge in [0, 0.05) is 24.6 Å². The first-order chi connectivity index (χ1) is 12.0. The first kappa shape index (κ1) is 19.0. The minimum Gasteiger partial charge on any atom is -0.497 e. The third kappa shape index (κ3) is 5.31. The quantitative estimate of drug-likeness (QED) is 0.685. The maximum atomic E-state index is 12.2. The number of ketones is 1. The summed E-state index contributed by atoms with van der Waals surface area (Å²) >= 11 is 0. The van der Waals surface area contributed by atoms with E-state index in [4.69, 9.17) is 9.47 Å². The van der Waals surface area contributed by atoms with Crippen LogP contribution in [0.3, 0.4) is 0 Å². The number of benzene rings is 2. The van der Waals surface area contributed by atoms with E-state index in [1.54, 1.807) is 32.4 Å². The van der Waals surface area contributed by atoms with Crippen molar-refractivity contribution in [2.24, 2.45) is 0 Å². The fourth-order valence-electron chi connectivity index (χ4n) is 2.56. The van der Waals surface area contributed by atoms with E-state index in [0.29, 0.717) is 24.3 Å². The Bertz CT molecular complexity index is 684. The Morgan fingerprint density at radius 3 is 2.40 bits per heavy atom. The second-order valence-corrected chi connectivity index (χ2v) is 5.87. The number of Topliss-reactive ketones (excluding diaryl/α,β-unsaturated/α-hetero) is 1. The highest BCUT2D eigenvalue weighted by Crippen LogP contribution is 2.20. The molecule has 0 radical (unpaired) electrons. The molecular weight excluding hydrogens is 318 g/mol. The third-order valence-corrected chi connectivity index (χ3v) is 4.14. The van der Waals surface area contributed by atoms with E-state index >= 15 is 0 Å². The van der Waals surface area contributed by atoms with Crippen molar-refractivity contribution in [1.29, 1.82) is 0 Å². The summed E-state index contributed by atoms with van der Waals surface area (Å²) in [7, 11) is 3.18. The lowest BCUT2D eigenvalue weighted by Crippen LogP contribution is -2.33. The molecule has 0 aromatic heterocycles. The number of hydrogen-bond acceptors (Lipinski definition) is 5. The van der Waals surface area contributed by atoms with Gasteiger partial charge >= 0.3 is 0 Å². The number of aliphatic hydroxyl groups excluding tert-OH is 1. The molecule has 0 fully saturated rings. The Kier molecular flexibility index (Phi) is 6.98. The molecule has 2 rings (SSSR count). The number of ether oxygens (including phenoxy) is 2. The van der Waals surface area contributed by atoms with Gasteiger partial charge in [0.25, 0.3) is 0 Å². The van der Waals surface area contributed by atoms with E-state index in [2.05, 4.69) is 5.32 Å². The number of aliphatic hydroxyl groups is 1. The zero-order valence-corrected chi connectivity index (χ0v) is 14.9. The summed E-state index contributed by atoms with van der Waals surface area (Å²) in [6, 6.07) is 14.3. The lowest BCUT2D eigenvalue weighted by molar-refractivity contribution is 0.0972. The first-order valence-corrected chi connectivity index (χ1v) is 8.27. The smallest absolute Gasteiger partial charge is 0.164 e. The molecule has 2 N–H and O–H groups in total. The lowest BCUT2D eigenvalue weighted by Gasteiger charge is -2.20. The van der Waals surface area contributed by atoms with E-state index in [9.17, 15) is 9.90 Å². The molecule has 2 atom stereocenters. The van der Waals surface area contributed by atoms with Gasteiger partial charge in [0.2, 0.25) is 0 Å². The van der Waals surface area contributed by atoms with Crippen molar-refractivity contribution in [3.63, 3.8) is 0 Å². The monoisotopic (exact) mass is 343 g/mol. The normalized spacial score (nSPS) is 13.1. The van der Waals surface area contributed by atoms with Crippen LogP contribution in [0.5, 0.6) is 11.5 Å². The van der Waals surface area contributed by atoms with Gasteiger partial charge < -0.3 is 19.9 Å². The van der Waals surface area contributed by atoms with Gasteiger partial charge in [-0.3, -0.25) is 4.79 Å². The molecule has 0 saturated carbocycles. The molecule has 0 bridgehead atoms. The number of carbonyl (C=O) groups is 1. The van der Waals surface area contributed by atoms with Gasteiger partial charge in [-0.05, 0) is 36.8 Å². The van der Waals surface area contributed by atoms with Gasteiger partial charge in [0.1, 0.15) is 11.5 Å². The highest BCUT2D eigenvalue weighted by Gasteiger charge is 2.16. The summed E-state index contributed by atoms with van der Waals surface area (Å²) < 4.78 is 10.3. The second kappa shape index (κ2) is 9.20. The van der Waals surface area contributed by atoms with Crippen LogP contribution in [0.1, 0.15) is 35.4 Å². The molecular formula is C20H25NO4. The molecule has 0 amide bonds. The summed E-state index contributed by atoms with van der Waals surface area (Å²) in [4.78, 5) is 12.2. The largest absolute Gasteiger partial charge is 0.497 e. The maximum absolute atomic E-state index is 12.2. The molecule has 25 heavy (non-hydrogen) atoms. The van der Waals surface area contributed by atoms with Crippen LogP contribution in [-0.2, 0) is 0 Å². The van der Waals surface area contributed by atoms with Crippen molar-refractivity contribution in [2.45, 2.75) is 25.5 Å². The van der Waals surface area contributed by atoms with Crippen molar-refractivity contribution in [2.75, 3.05) is 20.8 Å². The molecule has 0 aliphatic rings. The summed E-state index contributed by atoms with van der Waals surface area (Å²) in [5.41, 5.74) is 1.43. The molecule has 5 nitrogen and oxygen atoms in total. The Morgan fingerprint density at radius 2 is 1.76 bits per heavy atom. The van der Waals surface area contributed by atoms with Gasteiger partial charge in [0.15, 0.2) is 5.78 Å². The summed E-state index contributed by atoms with van der Waals surface area (Å²) in [5.74, 6) is 1.46. The Labute approximate surface area is 148 Å². The van der Waals surface area contributed by atoms with Crippen molar-refractivity contribution in [3.05, 3.63) is 59.7 Å². The summed E-state index contributed by atoms with van der Waals surface area (Å²) in [6.45, 7) is 2.38. The molecule has 2 unspecified atom stereocenters. The zero-order valence-electron chi connectivity index (χ0n) is 14.9. The molecule has 2 aromatic carbocycles. The average molecular weight is 343 g/mol. The minimum absolute atomic E-state index is 0.0394. The standard InChI is InChI=1S/C20H25NO4/c1-14(20(23)15-7-9-17(24-2)10-8-15)21-12-11-19(22)16-5-4-6-18(13-16)25-3/h4-10,13-14,20-21,23H,11-12H2,1-3H3. The van der Waals surface area contributed by atoms with E-state index in [0.717, 1.165) is 11.3 Å². The molecule has 134 valence electrons. The number of nitrogens with one attached hydrogen (secondary N) is 1. The molecule has 0 aliphatic heterocycles. The van der Waals surface area contributed by atoms with Gasteiger partial charge in [-0.15, -0.1) is 0 Å². The predicted octanol–water partition coefficient (Wildman–Crippen LogP) is 2.99. The van der Waals surface area contributed by atoms with E-state index in [-0.39, 0.29) is 11.8 Å². The molecule has 5 heteroatoms. The van der Waals surface area contributed by atoms with Crippen molar-refractivity contribution >= 4 is 5.78 Å². The maximum Gasteiger partial charge on any atom is 0.164 e. The Hall–Kier alpha value is -2.37. The number of hydrogen-bond donors (Lipinski definition) is 2. The third-order valence-electron chi connectivity index (χ3n) is 4.14. The van der Waals surface area contributed by atoms with Crippen LogP contribution in [0.15, 0.2) is 48.5 Å². The van der Waals surface area contributed by atoms with Crippen LogP contribution >= 0.6 is 0 Å². The second-order valence-electron chi connectivity index (χ2n) is 5.87. The highest BCUT2D eigenvalue weighted by atomic mass is 16.5. The van der Waals surface area contributed by atoms with E-state index < -0.39 is 6.10 Å².